The van der Waals surface area contributed by atoms with Gasteiger partial charge in [0.2, 0.25) is 0 Å². The Labute approximate surface area is 228 Å². The largest absolute Gasteiger partial charge is 0.461 e. The second kappa shape index (κ2) is 9.81. The molecule has 3 saturated heterocycles. The van der Waals surface area contributed by atoms with E-state index in [0.717, 1.165) is 57.4 Å². The molecule has 2 unspecified atom stereocenters. The molecule has 2 aromatic heterocycles. The number of piperidine rings is 1. The van der Waals surface area contributed by atoms with Gasteiger partial charge in [-0.05, 0) is 63.1 Å². The van der Waals surface area contributed by atoms with Crippen LogP contribution in [0.5, 0.6) is 6.01 Å². The predicted octanol–water partition coefficient (Wildman–Crippen LogP) is 6.50. The Balaban J connectivity index is 1.33. The Morgan fingerprint density at radius 1 is 1.10 bits per heavy atom. The lowest BCUT2D eigenvalue weighted by atomic mass is 9.89. The highest BCUT2D eigenvalue weighted by Gasteiger charge is 2.45. The molecule has 6 nitrogen and oxygen atoms in total. The number of pyridine rings is 1. The van der Waals surface area contributed by atoms with Crippen molar-refractivity contribution >= 4 is 22.8 Å². The van der Waals surface area contributed by atoms with E-state index < -0.39 is 12.0 Å². The summed E-state index contributed by atoms with van der Waals surface area (Å²) in [6.07, 6.45) is 11.2. The second-order valence-corrected chi connectivity index (χ2v) is 11.8. The van der Waals surface area contributed by atoms with Gasteiger partial charge in [0.05, 0.1) is 10.9 Å². The number of nitrogens with zero attached hydrogens (tertiary/aromatic N) is 5. The zero-order valence-electron chi connectivity index (χ0n) is 22.5. The molecule has 0 spiro atoms. The third-order valence-corrected chi connectivity index (χ3v) is 9.23. The molecule has 0 saturated carbocycles. The minimum Gasteiger partial charge on any atom is -0.461 e. The van der Waals surface area contributed by atoms with Crippen molar-refractivity contribution in [2.24, 2.45) is 5.92 Å². The van der Waals surface area contributed by atoms with Gasteiger partial charge in [0, 0.05) is 36.8 Å². The Morgan fingerprint density at radius 2 is 1.95 bits per heavy atom. The lowest BCUT2D eigenvalue weighted by Gasteiger charge is -2.33. The van der Waals surface area contributed by atoms with Gasteiger partial charge in [-0.2, -0.15) is 9.97 Å². The average Bonchev–Trinajstić information content (AvgIpc) is 3.53. The maximum absolute atomic E-state index is 16.4. The third kappa shape index (κ3) is 4.28. The van der Waals surface area contributed by atoms with Crippen LogP contribution in [0.1, 0.15) is 69.2 Å². The minimum atomic E-state index is -1.20. The van der Waals surface area contributed by atoms with Crippen LogP contribution in [0.3, 0.4) is 0 Å². The summed E-state index contributed by atoms with van der Waals surface area (Å²) in [7, 11) is 0. The van der Waals surface area contributed by atoms with Crippen LogP contribution >= 0.6 is 0 Å². The molecule has 0 amide bonds. The van der Waals surface area contributed by atoms with Crippen molar-refractivity contribution in [3.63, 3.8) is 0 Å². The van der Waals surface area contributed by atoms with E-state index in [9.17, 15) is 0 Å². The lowest BCUT2D eigenvalue weighted by Crippen LogP contribution is -2.43. The first-order chi connectivity index (χ1) is 19.0. The summed E-state index contributed by atoms with van der Waals surface area (Å²) >= 11 is 0. The molecule has 7 rings (SSSR count). The monoisotopic (exact) mass is 531 g/mol. The van der Waals surface area contributed by atoms with Gasteiger partial charge in [0.25, 0.3) is 0 Å². The van der Waals surface area contributed by atoms with Crippen LogP contribution in [-0.4, -0.2) is 58.2 Å². The zero-order chi connectivity index (χ0) is 26.6. The Bertz CT molecular complexity index is 1430. The van der Waals surface area contributed by atoms with Crippen LogP contribution in [-0.2, 0) is 0 Å². The number of benzene rings is 1. The number of fused-ring (bicyclic) bond motifs is 3. The summed E-state index contributed by atoms with van der Waals surface area (Å²) in [5.74, 6) is 0.635. The van der Waals surface area contributed by atoms with Crippen LogP contribution < -0.4 is 9.64 Å². The summed E-state index contributed by atoms with van der Waals surface area (Å²) in [5.41, 5.74) is 2.07. The van der Waals surface area contributed by atoms with E-state index in [2.05, 4.69) is 26.7 Å². The number of halogens is 2. The van der Waals surface area contributed by atoms with Crippen molar-refractivity contribution in [1.82, 2.24) is 19.9 Å². The molecule has 0 bridgehead atoms. The summed E-state index contributed by atoms with van der Waals surface area (Å²) in [4.78, 5) is 18.8. The highest BCUT2D eigenvalue weighted by atomic mass is 19.1. The number of ether oxygens (including phenoxy) is 1. The summed E-state index contributed by atoms with van der Waals surface area (Å²) < 4.78 is 37.8. The van der Waals surface area contributed by atoms with Gasteiger partial charge in [0.1, 0.15) is 29.8 Å². The summed E-state index contributed by atoms with van der Waals surface area (Å²) in [6.45, 7) is 6.64. The van der Waals surface area contributed by atoms with E-state index >= 15 is 8.78 Å². The summed E-state index contributed by atoms with van der Waals surface area (Å²) in [5, 5.41) is 0.570. The van der Waals surface area contributed by atoms with Gasteiger partial charge in [-0.3, -0.25) is 9.88 Å². The molecule has 1 aromatic carbocycles. The molecule has 2 atom stereocenters. The van der Waals surface area contributed by atoms with Crippen molar-refractivity contribution in [3.8, 4) is 17.3 Å². The SMILES string of the molecule is CC1CCCN(c2nc(OCC34CCCN3CCC4)nc3c(F)c(-c4cccc5c4C(F)CC=C5)ncc23)C1. The molecule has 3 fully saturated rings. The van der Waals surface area contributed by atoms with Crippen LogP contribution in [0.4, 0.5) is 14.6 Å². The number of hydrogen-bond donors (Lipinski definition) is 0. The second-order valence-electron chi connectivity index (χ2n) is 11.8. The van der Waals surface area contributed by atoms with E-state index in [-0.39, 0.29) is 29.2 Å². The van der Waals surface area contributed by atoms with E-state index in [4.69, 9.17) is 9.72 Å². The maximum Gasteiger partial charge on any atom is 0.319 e. The number of aromatic nitrogens is 3. The Hall–Kier alpha value is -3.13. The number of alkyl halides is 1. The molecule has 0 N–H and O–H groups in total. The molecule has 0 radical (unpaired) electrons. The molecule has 39 heavy (non-hydrogen) atoms. The third-order valence-electron chi connectivity index (χ3n) is 9.23. The molecule has 204 valence electrons. The zero-order valence-corrected chi connectivity index (χ0v) is 22.5. The van der Waals surface area contributed by atoms with Crippen molar-refractivity contribution in [1.29, 1.82) is 0 Å². The normalized spacial score (nSPS) is 24.2. The van der Waals surface area contributed by atoms with Crippen LogP contribution in [0, 0.1) is 11.7 Å². The Kier molecular flexibility index (Phi) is 6.26. The highest BCUT2D eigenvalue weighted by Crippen LogP contribution is 2.42. The molecular weight excluding hydrogens is 496 g/mol. The molecule has 1 aliphatic carbocycles. The van der Waals surface area contributed by atoms with Gasteiger partial charge < -0.3 is 9.64 Å². The van der Waals surface area contributed by atoms with Gasteiger partial charge in [-0.15, -0.1) is 0 Å². The quantitative estimate of drug-likeness (QED) is 0.375. The number of allylic oxidation sites excluding steroid dienone is 1. The molecule has 4 aliphatic rings. The van der Waals surface area contributed by atoms with Gasteiger partial charge in [-0.25, -0.2) is 8.78 Å². The van der Waals surface area contributed by atoms with Crippen molar-refractivity contribution in [2.45, 2.75) is 63.6 Å². The van der Waals surface area contributed by atoms with Crippen LogP contribution in [0.15, 0.2) is 30.5 Å². The number of anilines is 1. The minimum absolute atomic E-state index is 0.0345. The van der Waals surface area contributed by atoms with Crippen molar-refractivity contribution in [3.05, 3.63) is 47.4 Å². The van der Waals surface area contributed by atoms with Crippen LogP contribution in [0.2, 0.25) is 0 Å². The molecule has 3 aliphatic heterocycles. The maximum atomic E-state index is 16.4. The fourth-order valence-corrected chi connectivity index (χ4v) is 7.27. The first-order valence-electron chi connectivity index (χ1n) is 14.5. The number of hydrogen-bond acceptors (Lipinski definition) is 6. The van der Waals surface area contributed by atoms with E-state index in [1.807, 2.05) is 24.3 Å². The summed E-state index contributed by atoms with van der Waals surface area (Å²) in [6, 6.07) is 5.65. The number of rotatable bonds is 5. The van der Waals surface area contributed by atoms with Gasteiger partial charge in [-0.1, -0.05) is 37.3 Å². The standard InChI is InChI=1S/C31H35F2N5O/c1-20-7-4-14-37(18-20)29-23-17-34-27(22-10-2-8-21-9-3-11-24(32)25(21)22)26(33)28(23)35-30(36-29)39-19-31-12-5-15-38(31)16-6-13-31/h2-3,8-10,17,20,24H,4-7,11-16,18-19H2,1H3. The molecular formula is C31H35F2N5O. The van der Waals surface area contributed by atoms with E-state index in [0.29, 0.717) is 34.9 Å². The molecule has 5 heterocycles. The van der Waals surface area contributed by atoms with Gasteiger partial charge in [0.15, 0.2) is 5.82 Å². The average molecular weight is 532 g/mol. The predicted molar refractivity (Wildman–Crippen MR) is 149 cm³/mol. The van der Waals surface area contributed by atoms with E-state index in [1.54, 1.807) is 12.3 Å². The highest BCUT2D eigenvalue weighted by molar-refractivity contribution is 5.92. The Morgan fingerprint density at radius 3 is 2.77 bits per heavy atom. The molecule has 3 aromatic rings. The van der Waals surface area contributed by atoms with Crippen molar-refractivity contribution in [2.75, 3.05) is 37.7 Å². The first-order valence-corrected chi connectivity index (χ1v) is 14.5. The first kappa shape index (κ1) is 24.9. The lowest BCUT2D eigenvalue weighted by molar-refractivity contribution is 0.108. The fraction of sp³-hybridized carbons (Fsp3) is 0.516. The molecule has 8 heteroatoms. The topological polar surface area (TPSA) is 54.4 Å². The van der Waals surface area contributed by atoms with E-state index in [1.165, 1.54) is 12.8 Å². The van der Waals surface area contributed by atoms with Gasteiger partial charge >= 0.3 is 6.01 Å². The smallest absolute Gasteiger partial charge is 0.319 e. The fourth-order valence-electron chi connectivity index (χ4n) is 7.27. The van der Waals surface area contributed by atoms with Crippen molar-refractivity contribution < 1.29 is 13.5 Å². The van der Waals surface area contributed by atoms with Crippen LogP contribution in [0.25, 0.3) is 28.2 Å².